The summed E-state index contributed by atoms with van der Waals surface area (Å²) in [5.41, 5.74) is 0. The van der Waals surface area contributed by atoms with Gasteiger partial charge < -0.3 is 14.2 Å². The molecule has 476 valence electrons. The molecule has 0 fully saturated rings. The molecule has 0 spiro atoms. The van der Waals surface area contributed by atoms with Gasteiger partial charge in [0.25, 0.3) is 0 Å². The molecule has 0 aromatic carbocycles. The first kappa shape index (κ1) is 79.1. The first-order valence-electron chi connectivity index (χ1n) is 35.4. The van der Waals surface area contributed by atoms with Gasteiger partial charge in [0.05, 0.1) is 0 Å². The number of ether oxygens (including phenoxy) is 3. The van der Waals surface area contributed by atoms with Crippen LogP contribution in [0.25, 0.3) is 0 Å². The Morgan fingerprint density at radius 3 is 0.735 bits per heavy atom. The summed E-state index contributed by atoms with van der Waals surface area (Å²) in [7, 11) is 0. The Morgan fingerprint density at radius 2 is 0.470 bits per heavy atom. The van der Waals surface area contributed by atoms with Crippen LogP contribution >= 0.6 is 0 Å². The summed E-state index contributed by atoms with van der Waals surface area (Å²) in [5, 5.41) is 0. The highest BCUT2D eigenvalue weighted by molar-refractivity contribution is 5.71. The lowest BCUT2D eigenvalue weighted by molar-refractivity contribution is -0.167. The number of hydrogen-bond donors (Lipinski definition) is 0. The zero-order valence-corrected chi connectivity index (χ0v) is 54.7. The van der Waals surface area contributed by atoms with Gasteiger partial charge in [0.2, 0.25) is 0 Å². The van der Waals surface area contributed by atoms with E-state index < -0.39 is 6.10 Å². The van der Waals surface area contributed by atoms with Crippen molar-refractivity contribution in [2.75, 3.05) is 13.2 Å². The zero-order valence-electron chi connectivity index (χ0n) is 54.7. The minimum atomic E-state index is -0.788. The first-order valence-corrected chi connectivity index (χ1v) is 35.4. The van der Waals surface area contributed by atoms with E-state index in [1.165, 1.54) is 180 Å². The van der Waals surface area contributed by atoms with Crippen LogP contribution < -0.4 is 0 Å². The Labute approximate surface area is 514 Å². The van der Waals surface area contributed by atoms with Crippen molar-refractivity contribution in [2.45, 2.75) is 348 Å². The van der Waals surface area contributed by atoms with Crippen LogP contribution in [0.1, 0.15) is 342 Å². The maximum atomic E-state index is 13.0. The van der Waals surface area contributed by atoms with Crippen molar-refractivity contribution in [3.63, 3.8) is 0 Å². The third-order valence-electron chi connectivity index (χ3n) is 15.3. The van der Waals surface area contributed by atoms with Crippen LogP contribution in [0.15, 0.2) is 109 Å². The number of carbonyl (C=O) groups is 3. The summed E-state index contributed by atoms with van der Waals surface area (Å²) in [6, 6.07) is 0. The van der Waals surface area contributed by atoms with Crippen molar-refractivity contribution in [3.05, 3.63) is 109 Å². The fraction of sp³-hybridized carbons (Fsp3) is 0.727. The molecule has 0 aliphatic heterocycles. The van der Waals surface area contributed by atoms with Crippen LogP contribution in [0.3, 0.4) is 0 Å². The van der Waals surface area contributed by atoms with Gasteiger partial charge in [0, 0.05) is 19.3 Å². The van der Waals surface area contributed by atoms with Gasteiger partial charge in [-0.05, 0) is 103 Å². The largest absolute Gasteiger partial charge is 0.462 e. The van der Waals surface area contributed by atoms with E-state index in [-0.39, 0.29) is 31.1 Å². The molecule has 0 saturated heterocycles. The van der Waals surface area contributed by atoms with E-state index in [0.717, 1.165) is 122 Å². The molecule has 6 nitrogen and oxygen atoms in total. The van der Waals surface area contributed by atoms with Crippen LogP contribution in [-0.2, 0) is 28.6 Å². The third-order valence-corrected chi connectivity index (χ3v) is 15.3. The van der Waals surface area contributed by atoms with E-state index in [4.69, 9.17) is 14.2 Å². The molecule has 1 unspecified atom stereocenters. The molecule has 0 bridgehead atoms. The Kier molecular flexibility index (Phi) is 67.2. The highest BCUT2D eigenvalue weighted by atomic mass is 16.6. The van der Waals surface area contributed by atoms with E-state index >= 15 is 0 Å². The normalized spacial score (nSPS) is 12.8. The quantitative estimate of drug-likeness (QED) is 0.0261. The number of esters is 3. The van der Waals surface area contributed by atoms with E-state index in [2.05, 4.69) is 130 Å². The SMILES string of the molecule is CC/C=C\C/C=C\C/C=C\C/C=C\C/C=C\CCCCCCCCCC(=O)OCC(COC(=O)CCCCCCCCCCCCCCCCCCCCC)OC(=O)CCCCCCCCCCCC/C=C\C/C=C\C/C=C\C/C=C\CC. The molecule has 0 aromatic heterocycles. The molecule has 0 rings (SSSR count). The molecule has 0 N–H and O–H groups in total. The van der Waals surface area contributed by atoms with Crippen molar-refractivity contribution in [2.24, 2.45) is 0 Å². The molecule has 6 heteroatoms. The van der Waals surface area contributed by atoms with Gasteiger partial charge in [-0.3, -0.25) is 14.4 Å². The van der Waals surface area contributed by atoms with Gasteiger partial charge in [-0.1, -0.05) is 329 Å². The second-order valence-corrected chi connectivity index (χ2v) is 23.4. The van der Waals surface area contributed by atoms with Gasteiger partial charge in [-0.15, -0.1) is 0 Å². The highest BCUT2D eigenvalue weighted by Crippen LogP contribution is 2.17. The van der Waals surface area contributed by atoms with E-state index in [1.54, 1.807) is 0 Å². The molecule has 0 saturated carbocycles. The second-order valence-electron chi connectivity index (χ2n) is 23.4. The lowest BCUT2D eigenvalue weighted by Crippen LogP contribution is -2.30. The summed E-state index contributed by atoms with van der Waals surface area (Å²) in [4.78, 5) is 38.5. The first-order chi connectivity index (χ1) is 41.0. The molecule has 0 radical (unpaired) electrons. The third kappa shape index (κ3) is 68.7. The molecule has 0 aliphatic carbocycles. The predicted octanol–water partition coefficient (Wildman–Crippen LogP) is 24.6. The Balaban J connectivity index is 4.40. The zero-order chi connectivity index (χ0) is 59.9. The Hall–Kier alpha value is -3.93. The van der Waals surface area contributed by atoms with Crippen molar-refractivity contribution < 1.29 is 28.6 Å². The lowest BCUT2D eigenvalue weighted by atomic mass is 10.0. The van der Waals surface area contributed by atoms with Crippen molar-refractivity contribution in [1.82, 2.24) is 0 Å². The number of carbonyl (C=O) groups excluding carboxylic acids is 3. The number of allylic oxidation sites excluding steroid dienone is 18. The van der Waals surface area contributed by atoms with Gasteiger partial charge in [-0.2, -0.15) is 0 Å². The van der Waals surface area contributed by atoms with Gasteiger partial charge >= 0.3 is 17.9 Å². The van der Waals surface area contributed by atoms with Crippen LogP contribution in [0.2, 0.25) is 0 Å². The molecular formula is C77H132O6. The minimum absolute atomic E-state index is 0.0809. The number of rotatable bonds is 64. The van der Waals surface area contributed by atoms with E-state index in [9.17, 15) is 14.4 Å². The Morgan fingerprint density at radius 1 is 0.253 bits per heavy atom. The van der Waals surface area contributed by atoms with Crippen LogP contribution in [0, 0.1) is 0 Å². The van der Waals surface area contributed by atoms with Crippen LogP contribution in [0.5, 0.6) is 0 Å². The van der Waals surface area contributed by atoms with Crippen molar-refractivity contribution in [3.8, 4) is 0 Å². The molecule has 83 heavy (non-hydrogen) atoms. The predicted molar refractivity (Wildman–Crippen MR) is 362 cm³/mol. The Bertz CT molecular complexity index is 1660. The summed E-state index contributed by atoms with van der Waals surface area (Å²) in [5.74, 6) is -0.880. The van der Waals surface area contributed by atoms with Gasteiger partial charge in [0.1, 0.15) is 13.2 Å². The molecule has 0 amide bonds. The summed E-state index contributed by atoms with van der Waals surface area (Å²) in [6.45, 7) is 6.45. The summed E-state index contributed by atoms with van der Waals surface area (Å²) >= 11 is 0. The molecule has 0 aromatic rings. The monoisotopic (exact) mass is 1150 g/mol. The van der Waals surface area contributed by atoms with Crippen molar-refractivity contribution in [1.29, 1.82) is 0 Å². The fourth-order valence-electron chi connectivity index (χ4n) is 10.1. The van der Waals surface area contributed by atoms with Crippen LogP contribution in [-0.4, -0.2) is 37.2 Å². The number of unbranched alkanes of at least 4 members (excludes halogenated alkanes) is 35. The summed E-state index contributed by atoms with van der Waals surface area (Å²) < 4.78 is 17.0. The molecule has 0 aliphatic rings. The average molecular weight is 1150 g/mol. The maximum absolute atomic E-state index is 13.0. The molecular weight excluding hydrogens is 1020 g/mol. The van der Waals surface area contributed by atoms with Gasteiger partial charge in [-0.25, -0.2) is 0 Å². The fourth-order valence-corrected chi connectivity index (χ4v) is 10.1. The molecule has 1 atom stereocenters. The van der Waals surface area contributed by atoms with Crippen molar-refractivity contribution >= 4 is 17.9 Å². The minimum Gasteiger partial charge on any atom is -0.462 e. The lowest BCUT2D eigenvalue weighted by Gasteiger charge is -2.18. The van der Waals surface area contributed by atoms with E-state index in [1.807, 2.05) is 0 Å². The standard InChI is InChI=1S/C77H132O6/c1-4-7-10-13-16-19-22-25-28-31-34-36-38-40-43-46-49-52-55-58-61-64-67-70-76(79)82-73-74(72-81-75(78)69-66-63-60-57-54-51-48-45-42-33-30-27-24-21-18-15-12-9-6-3)83-77(80)71-68-65-62-59-56-53-50-47-44-41-39-37-35-32-29-26-23-20-17-14-11-8-5-2/h7-8,10-11,16-17,19-20,25-26,28-29,34-37,40,43,74H,4-6,9,12-15,18,21-24,27,30-33,38-39,41-42,44-73H2,1-3H3/b10-7-,11-8-,19-16-,20-17-,28-25-,29-26-,36-34-,37-35-,43-40-. The number of hydrogen-bond acceptors (Lipinski definition) is 6. The second kappa shape index (κ2) is 70.6. The summed E-state index contributed by atoms with van der Waals surface area (Å²) in [6.07, 6.45) is 96.7. The molecule has 0 heterocycles. The average Bonchev–Trinajstić information content (AvgIpc) is 3.49. The van der Waals surface area contributed by atoms with Crippen LogP contribution in [0.4, 0.5) is 0 Å². The smallest absolute Gasteiger partial charge is 0.306 e. The highest BCUT2D eigenvalue weighted by Gasteiger charge is 2.19. The van der Waals surface area contributed by atoms with E-state index in [0.29, 0.717) is 19.3 Å². The van der Waals surface area contributed by atoms with Gasteiger partial charge in [0.15, 0.2) is 6.10 Å². The maximum Gasteiger partial charge on any atom is 0.306 e. The topological polar surface area (TPSA) is 78.9 Å².